The Morgan fingerprint density at radius 3 is 2.40 bits per heavy atom. The molecule has 3 nitrogen and oxygen atoms in total. The molecule has 0 aromatic carbocycles. The van der Waals surface area contributed by atoms with Crippen LogP contribution in [-0.4, -0.2) is 33.3 Å². The van der Waals surface area contributed by atoms with Crippen LogP contribution in [-0.2, 0) is 9.22 Å². The lowest BCUT2D eigenvalue weighted by atomic mass is 10.2. The average molecular weight is 229 g/mol. The van der Waals surface area contributed by atoms with Gasteiger partial charge in [-0.3, -0.25) is 0 Å². The summed E-state index contributed by atoms with van der Waals surface area (Å²) in [5.41, 5.74) is 0. The Hall–Kier alpha value is -0.193. The summed E-state index contributed by atoms with van der Waals surface area (Å²) in [5, 5.41) is 3.40. The first-order valence-electron chi connectivity index (χ1n) is 5.63. The van der Waals surface area contributed by atoms with Gasteiger partial charge in [0.1, 0.15) is 6.29 Å². The molecule has 0 spiro atoms. The van der Waals surface area contributed by atoms with E-state index in [0.29, 0.717) is 0 Å². The van der Waals surface area contributed by atoms with Gasteiger partial charge < -0.3 is 14.5 Å². The maximum absolute atomic E-state index is 10.6. The van der Waals surface area contributed by atoms with Crippen molar-refractivity contribution in [2.45, 2.75) is 57.5 Å². The SMILES string of the molecule is CC(C)(C)[Si](C)(C)OC1CNC(C=O)C1. The smallest absolute Gasteiger partial charge is 0.192 e. The van der Waals surface area contributed by atoms with Crippen LogP contribution in [0, 0.1) is 0 Å². The molecule has 1 heterocycles. The van der Waals surface area contributed by atoms with Crippen molar-refractivity contribution in [2.24, 2.45) is 0 Å². The standard InChI is InChI=1S/C11H23NO2Si/c1-11(2,3)15(4,5)14-10-6-9(8-13)12-7-10/h8-10,12H,6-7H2,1-5H3. The lowest BCUT2D eigenvalue weighted by Crippen LogP contribution is -2.44. The van der Waals surface area contributed by atoms with Crippen LogP contribution in [0.3, 0.4) is 0 Å². The highest BCUT2D eigenvalue weighted by Gasteiger charge is 2.40. The Bertz CT molecular complexity index is 235. The second kappa shape index (κ2) is 4.35. The largest absolute Gasteiger partial charge is 0.413 e. The normalized spacial score (nSPS) is 28.1. The first kappa shape index (κ1) is 12.9. The fourth-order valence-corrected chi connectivity index (χ4v) is 2.89. The molecule has 0 aliphatic carbocycles. The van der Waals surface area contributed by atoms with Gasteiger partial charge in [0, 0.05) is 6.54 Å². The van der Waals surface area contributed by atoms with Crippen molar-refractivity contribution in [2.75, 3.05) is 6.54 Å². The molecule has 1 rings (SSSR count). The third-order valence-electron chi connectivity index (χ3n) is 3.56. The summed E-state index contributed by atoms with van der Waals surface area (Å²) in [7, 11) is -1.67. The van der Waals surface area contributed by atoms with Gasteiger partial charge >= 0.3 is 0 Å². The number of carbonyl (C=O) groups excluding carboxylic acids is 1. The van der Waals surface area contributed by atoms with E-state index in [2.05, 4.69) is 39.2 Å². The lowest BCUT2D eigenvalue weighted by Gasteiger charge is -2.38. The molecule has 0 amide bonds. The summed E-state index contributed by atoms with van der Waals surface area (Å²) in [6.45, 7) is 12.0. The summed E-state index contributed by atoms with van der Waals surface area (Å²) in [6, 6.07) is -0.000214. The average Bonchev–Trinajstić information content (AvgIpc) is 2.49. The van der Waals surface area contributed by atoms with Crippen LogP contribution in [0.1, 0.15) is 27.2 Å². The molecule has 88 valence electrons. The molecule has 2 atom stereocenters. The number of hydrogen-bond donors (Lipinski definition) is 1. The minimum absolute atomic E-state index is 0.000214. The van der Waals surface area contributed by atoms with Crippen LogP contribution in [0.15, 0.2) is 0 Å². The fourth-order valence-electron chi connectivity index (χ4n) is 1.52. The molecule has 0 saturated carbocycles. The second-order valence-electron chi connectivity index (χ2n) is 5.89. The lowest BCUT2D eigenvalue weighted by molar-refractivity contribution is -0.109. The van der Waals surface area contributed by atoms with Gasteiger partial charge in [-0.1, -0.05) is 20.8 Å². The van der Waals surface area contributed by atoms with Crippen molar-refractivity contribution in [3.63, 3.8) is 0 Å². The summed E-state index contributed by atoms with van der Waals surface area (Å²) in [4.78, 5) is 10.6. The van der Waals surface area contributed by atoms with Gasteiger partial charge in [-0.25, -0.2) is 0 Å². The molecule has 4 heteroatoms. The van der Waals surface area contributed by atoms with E-state index in [9.17, 15) is 4.79 Å². The van der Waals surface area contributed by atoms with Crippen LogP contribution in [0.4, 0.5) is 0 Å². The van der Waals surface area contributed by atoms with Crippen molar-refractivity contribution in [3.05, 3.63) is 0 Å². The Labute approximate surface area is 93.7 Å². The van der Waals surface area contributed by atoms with Crippen LogP contribution < -0.4 is 5.32 Å². The van der Waals surface area contributed by atoms with Gasteiger partial charge in [0.05, 0.1) is 12.1 Å². The molecule has 2 unspecified atom stereocenters. The van der Waals surface area contributed by atoms with Crippen molar-refractivity contribution in [3.8, 4) is 0 Å². The monoisotopic (exact) mass is 229 g/mol. The van der Waals surface area contributed by atoms with Crippen LogP contribution >= 0.6 is 0 Å². The zero-order valence-corrected chi connectivity index (χ0v) is 11.5. The van der Waals surface area contributed by atoms with E-state index >= 15 is 0 Å². The minimum Gasteiger partial charge on any atom is -0.413 e. The number of carbonyl (C=O) groups is 1. The number of aldehydes is 1. The Balaban J connectivity index is 2.52. The fraction of sp³-hybridized carbons (Fsp3) is 0.909. The summed E-state index contributed by atoms with van der Waals surface area (Å²) < 4.78 is 6.21. The van der Waals surface area contributed by atoms with Gasteiger partial charge in [-0.05, 0) is 24.6 Å². The van der Waals surface area contributed by atoms with Crippen molar-refractivity contribution in [1.82, 2.24) is 5.32 Å². The molecule has 1 fully saturated rings. The molecule has 15 heavy (non-hydrogen) atoms. The van der Waals surface area contributed by atoms with E-state index in [1.54, 1.807) is 0 Å². The highest BCUT2D eigenvalue weighted by molar-refractivity contribution is 6.74. The van der Waals surface area contributed by atoms with E-state index in [-0.39, 0.29) is 17.2 Å². The van der Waals surface area contributed by atoms with Gasteiger partial charge in [0.25, 0.3) is 0 Å². The van der Waals surface area contributed by atoms with Crippen molar-refractivity contribution < 1.29 is 9.22 Å². The van der Waals surface area contributed by atoms with Crippen molar-refractivity contribution in [1.29, 1.82) is 0 Å². The third-order valence-corrected chi connectivity index (χ3v) is 8.09. The highest BCUT2D eigenvalue weighted by atomic mass is 28.4. The van der Waals surface area contributed by atoms with Gasteiger partial charge in [-0.2, -0.15) is 0 Å². The number of hydrogen-bond acceptors (Lipinski definition) is 3. The molecule has 1 aliphatic heterocycles. The maximum Gasteiger partial charge on any atom is 0.192 e. The van der Waals surface area contributed by atoms with E-state index in [0.717, 1.165) is 19.3 Å². The van der Waals surface area contributed by atoms with E-state index in [4.69, 9.17) is 4.43 Å². The quantitative estimate of drug-likeness (QED) is 0.594. The topological polar surface area (TPSA) is 38.3 Å². The first-order chi connectivity index (χ1) is 6.76. The molecular formula is C11H23NO2Si. The Morgan fingerprint density at radius 2 is 2.00 bits per heavy atom. The molecular weight excluding hydrogens is 206 g/mol. The summed E-state index contributed by atoms with van der Waals surface area (Å²) >= 11 is 0. The third kappa shape index (κ3) is 3.13. The minimum atomic E-state index is -1.67. The second-order valence-corrected chi connectivity index (χ2v) is 10.6. The molecule has 1 aliphatic rings. The Kier molecular flexibility index (Phi) is 3.74. The van der Waals surface area contributed by atoms with Crippen LogP contribution in [0.25, 0.3) is 0 Å². The highest BCUT2D eigenvalue weighted by Crippen LogP contribution is 2.37. The van der Waals surface area contributed by atoms with Crippen LogP contribution in [0.2, 0.25) is 18.1 Å². The van der Waals surface area contributed by atoms with Crippen LogP contribution in [0.5, 0.6) is 0 Å². The summed E-state index contributed by atoms with van der Waals surface area (Å²) in [6.07, 6.45) is 2.03. The summed E-state index contributed by atoms with van der Waals surface area (Å²) in [5.74, 6) is 0. The van der Waals surface area contributed by atoms with Gasteiger partial charge in [-0.15, -0.1) is 0 Å². The molecule has 1 saturated heterocycles. The molecule has 1 N–H and O–H groups in total. The molecule has 0 radical (unpaired) electrons. The predicted molar refractivity (Wildman–Crippen MR) is 64.5 cm³/mol. The maximum atomic E-state index is 10.6. The van der Waals surface area contributed by atoms with E-state index < -0.39 is 8.32 Å². The first-order valence-corrected chi connectivity index (χ1v) is 8.53. The molecule has 0 aromatic rings. The Morgan fingerprint density at radius 1 is 1.40 bits per heavy atom. The number of nitrogens with one attached hydrogen (secondary N) is 1. The van der Waals surface area contributed by atoms with E-state index in [1.165, 1.54) is 0 Å². The number of rotatable bonds is 3. The molecule has 0 aromatic heterocycles. The predicted octanol–water partition coefficient (Wildman–Crippen LogP) is 1.94. The van der Waals surface area contributed by atoms with Gasteiger partial charge in [0.2, 0.25) is 0 Å². The zero-order valence-electron chi connectivity index (χ0n) is 10.5. The van der Waals surface area contributed by atoms with E-state index in [1.807, 2.05) is 0 Å². The van der Waals surface area contributed by atoms with Crippen molar-refractivity contribution >= 4 is 14.6 Å². The zero-order chi connectivity index (χ0) is 11.7. The molecule has 0 bridgehead atoms. The van der Waals surface area contributed by atoms with Gasteiger partial charge in [0.15, 0.2) is 8.32 Å².